The first kappa shape index (κ1) is 102. The third-order valence-corrected chi connectivity index (χ3v) is 34.2. The number of carbonyl (C=O) groups excluding carboxylic acids is 4. The number of hydrogen-bond acceptors (Lipinski definition) is 17. The van der Waals surface area contributed by atoms with Crippen LogP contribution in [0.1, 0.15) is 248 Å². The van der Waals surface area contributed by atoms with E-state index in [1.807, 2.05) is 117 Å². The Morgan fingerprint density at radius 3 is 1.13 bits per heavy atom. The number of fused-ring (bicyclic) bond motifs is 6. The van der Waals surface area contributed by atoms with E-state index in [1.165, 1.54) is 123 Å². The van der Waals surface area contributed by atoms with E-state index < -0.39 is 24.6 Å². The molecule has 10 heterocycles. The fourth-order valence-electron chi connectivity index (χ4n) is 23.3. The number of pyridine rings is 4. The molecule has 0 amide bonds. The van der Waals surface area contributed by atoms with Crippen molar-refractivity contribution in [1.29, 1.82) is 0 Å². The Morgan fingerprint density at radius 1 is 0.434 bits per heavy atom. The number of aliphatic hydroxyl groups is 1. The van der Waals surface area contributed by atoms with E-state index in [9.17, 15) is 28.8 Å². The molecule has 22 nitrogen and oxygen atoms in total. The molecule has 14 aromatic rings. The zero-order valence-electron chi connectivity index (χ0n) is 83.3. The Bertz CT molecular complexity index is 6550. The summed E-state index contributed by atoms with van der Waals surface area (Å²) in [6.07, 6.45) is 57.3. The van der Waals surface area contributed by atoms with Gasteiger partial charge in [0.05, 0.1) is 95.7 Å². The van der Waals surface area contributed by atoms with Crippen molar-refractivity contribution in [2.45, 2.75) is 203 Å². The second-order valence-electron chi connectivity index (χ2n) is 40.7. The number of aliphatic carboxylic acids is 1. The number of Topliss-reactive ketones (excluding diaryl/α,β-unsaturated/α-hetero) is 2. The van der Waals surface area contributed by atoms with Crippen molar-refractivity contribution in [3.63, 3.8) is 0 Å². The van der Waals surface area contributed by atoms with Gasteiger partial charge in [0.25, 0.3) is 5.97 Å². The smallest absolute Gasteiger partial charge is 1.00 e. The Morgan fingerprint density at radius 2 is 0.762 bits per heavy atom. The third-order valence-electron chi connectivity index (χ3n) is 32.4. The predicted octanol–water partition coefficient (Wildman–Crippen LogP) is 21.1. The molecule has 3 atom stereocenters. The van der Waals surface area contributed by atoms with Crippen LogP contribution in [0.25, 0.3) is 51.1 Å². The van der Waals surface area contributed by atoms with Gasteiger partial charge in [0.2, 0.25) is 0 Å². The number of rotatable bonds is 25. The number of nitrogens with zero attached hydrogens (tertiary/aromatic N) is 12. The van der Waals surface area contributed by atoms with Gasteiger partial charge in [-0.05, 0) is 276 Å². The van der Waals surface area contributed by atoms with Gasteiger partial charge in [-0.2, -0.15) is 0 Å². The summed E-state index contributed by atoms with van der Waals surface area (Å²) in [5.74, 6) is 0.795. The van der Waals surface area contributed by atoms with Gasteiger partial charge in [-0.3, -0.25) is 48.5 Å². The maximum atomic E-state index is 13.1. The molecule has 8 aliphatic carbocycles. The summed E-state index contributed by atoms with van der Waals surface area (Å²) >= 11 is 0. The molecule has 3 radical (unpaired) electrons. The van der Waals surface area contributed by atoms with Crippen LogP contribution in [-0.2, 0) is 43.9 Å². The van der Waals surface area contributed by atoms with Crippen LogP contribution in [0.4, 0.5) is 0 Å². The topological polar surface area (TPSA) is 284 Å². The number of hydrogen-bond donors (Lipinski definition) is 2. The normalized spacial score (nSPS) is 19.7. The SMILES string of the molecule is CC(=O)O.COP(=O)(CC(=O)C1CCC2(CC1)CC2)OC.O=C(/C=C/c1ncccc1-c1cn(C(c2ccccc2)(c2ccccc2)c2ccccc2)cn1)C1CCC2(CC1)CC2.O=C(CC1c2ncccc2-c2cncn21)C1CCC2(CC1)CC2.O=Cc1ncccc1-c1cn(C(c2ccccc2)(c2ccccc2)c2ccccc2)cn1.OC(CC1c2ncccc2-c2cncn21)C1CCC2(CC1)CC2.[B].[H-].[Na+]. The number of carboxylic acid groups (broad SMARTS) is 1. The summed E-state index contributed by atoms with van der Waals surface area (Å²) in [5, 5.41) is 18.3. The van der Waals surface area contributed by atoms with Crippen LogP contribution in [0.2, 0.25) is 0 Å². The van der Waals surface area contributed by atoms with E-state index >= 15 is 0 Å². The number of carboxylic acids is 1. The molecule has 2 aliphatic heterocycles. The fraction of sp³-hybridized carbons (Fsp3) is 0.364. The van der Waals surface area contributed by atoms with E-state index in [0.29, 0.717) is 56.7 Å². The van der Waals surface area contributed by atoms with Gasteiger partial charge in [0.1, 0.15) is 34.5 Å². The van der Waals surface area contributed by atoms with Crippen LogP contribution >= 0.6 is 7.60 Å². The molecular weight excluding hydrogens is 1810 g/mol. The van der Waals surface area contributed by atoms with E-state index in [0.717, 1.165) is 150 Å². The van der Waals surface area contributed by atoms with E-state index in [4.69, 9.17) is 28.9 Å². The number of benzene rings is 6. The molecule has 24 rings (SSSR count). The molecule has 143 heavy (non-hydrogen) atoms. The standard InChI is InChI=1S/C38H35N3O.C28H21N3O.C19H23N3O.C19H21N3O.C12H21O4P.C2H4O2.B.Na.H/c42-36(29-20-22-37(23-21-29)24-25-37)19-18-34-33(17-10-26-39-34)35-27-41(28-40-35)38(30-11-4-1-5-12-30,31-13-6-2-7-14-31)32-15-8-3-9-16-32;32-20-27-25(17-10-18-29-27)26-19-31(21-30-26)28(22-11-4-1-5-12-22,23-13-6-2-7-14-23)24-15-8-3-9-16-24;2*23-17(13-3-5-19(6-4-13)7-8-19)10-15-18-14(2-1-9-21-18)16-11-20-12-22(15)16;1-15-17(14,16-2)9-11(13)10-3-5-12(6-4-10)7-8-12;1-2(3)4;;;/h1-19,26-29H,20-25H2;1-21H;1-2,9,11-13,15,17,23H,3-8,10H2;1-2,9,11-13,15H,3-8,10H2;10H,3-9H2,1-2H3;1H3,(H,3,4);;;/q;;;;;;;+1;-1/b19-18+;;;;;;;;. The minimum atomic E-state index is -3.17. The maximum Gasteiger partial charge on any atom is 1.00 e. The number of allylic oxidation sites excluding steroid dienone is 1. The van der Waals surface area contributed by atoms with Gasteiger partial charge in [0, 0.05) is 120 Å². The number of aromatic nitrogens is 12. The molecule has 8 saturated carbocycles. The van der Waals surface area contributed by atoms with Crippen LogP contribution in [0.15, 0.2) is 311 Å². The van der Waals surface area contributed by atoms with E-state index in [1.54, 1.807) is 18.5 Å². The molecule has 25 heteroatoms. The van der Waals surface area contributed by atoms with E-state index in [-0.39, 0.29) is 93.1 Å². The average molecular weight is 1940 g/mol. The summed E-state index contributed by atoms with van der Waals surface area (Å²) in [6.45, 7) is 1.08. The second kappa shape index (κ2) is 45.0. The number of aliphatic hydroxyl groups excluding tert-OH is 1. The molecule has 727 valence electrons. The van der Waals surface area contributed by atoms with Crippen molar-refractivity contribution in [3.8, 4) is 45.0 Å². The Hall–Kier alpha value is -12.2. The molecule has 4 spiro atoms. The third kappa shape index (κ3) is 22.4. The zero-order valence-corrected chi connectivity index (χ0v) is 85.2. The summed E-state index contributed by atoms with van der Waals surface area (Å²) in [6, 6.07) is 79.0. The van der Waals surface area contributed by atoms with Crippen molar-refractivity contribution in [1.82, 2.24) is 58.1 Å². The van der Waals surface area contributed by atoms with Gasteiger partial charge < -0.3 is 39.0 Å². The first-order chi connectivity index (χ1) is 68.8. The molecule has 6 aromatic carbocycles. The molecule has 10 aliphatic rings. The molecule has 2 N–H and O–H groups in total. The Labute approximate surface area is 863 Å². The zero-order chi connectivity index (χ0) is 97.2. The summed E-state index contributed by atoms with van der Waals surface area (Å²) in [5.41, 5.74) is 18.9. The largest absolute Gasteiger partial charge is 1.00 e. The van der Waals surface area contributed by atoms with Crippen LogP contribution in [0.3, 0.4) is 0 Å². The van der Waals surface area contributed by atoms with Gasteiger partial charge in [0.15, 0.2) is 12.1 Å². The van der Waals surface area contributed by atoms with Gasteiger partial charge >= 0.3 is 37.2 Å². The van der Waals surface area contributed by atoms with Crippen molar-refractivity contribution in [2.75, 3.05) is 20.4 Å². The monoisotopic (exact) mass is 1940 g/mol. The van der Waals surface area contributed by atoms with Gasteiger partial charge in [-0.15, -0.1) is 0 Å². The fourth-order valence-corrected chi connectivity index (χ4v) is 24.4. The first-order valence-electron chi connectivity index (χ1n) is 50.4. The van der Waals surface area contributed by atoms with Gasteiger partial charge in [-0.25, -0.2) is 19.9 Å². The Balaban J connectivity index is 0.000000131. The quantitative estimate of drug-likeness (QED) is 0.0177. The minimum absolute atomic E-state index is 0. The minimum Gasteiger partial charge on any atom is -1.00 e. The Kier molecular flexibility index (Phi) is 32.2. The summed E-state index contributed by atoms with van der Waals surface area (Å²) in [4.78, 5) is 94.8. The predicted molar refractivity (Wildman–Crippen MR) is 553 cm³/mol. The van der Waals surface area contributed by atoms with Crippen molar-refractivity contribution in [2.24, 2.45) is 45.3 Å². The molecule has 8 aromatic heterocycles. The van der Waals surface area contributed by atoms with Crippen molar-refractivity contribution in [3.05, 3.63) is 368 Å². The number of carbonyl (C=O) groups is 5. The number of aldehydes is 1. The van der Waals surface area contributed by atoms with Crippen LogP contribution in [0, 0.1) is 45.3 Å². The van der Waals surface area contributed by atoms with Crippen LogP contribution in [-0.4, -0.2) is 133 Å². The molecule has 0 saturated heterocycles. The molecule has 0 bridgehead atoms. The van der Waals surface area contributed by atoms with Gasteiger partial charge in [-0.1, -0.05) is 182 Å². The molecular formula is C118H126BN12NaO10P. The van der Waals surface area contributed by atoms with Crippen molar-refractivity contribution < 1.29 is 78.8 Å². The van der Waals surface area contributed by atoms with Crippen LogP contribution in [0.5, 0.6) is 0 Å². The maximum absolute atomic E-state index is 13.1. The number of imidazole rings is 4. The van der Waals surface area contributed by atoms with E-state index in [2.05, 4.69) is 230 Å². The van der Waals surface area contributed by atoms with Crippen molar-refractivity contribution >= 4 is 51.7 Å². The second-order valence-corrected chi connectivity index (χ2v) is 43.0. The molecule has 8 fully saturated rings. The summed E-state index contributed by atoms with van der Waals surface area (Å²) in [7, 11) is -0.508. The average Bonchev–Trinajstić information content (AvgIpc) is 1.11. The first-order valence-corrected chi connectivity index (χ1v) is 52.1. The number of ketones is 3. The molecule has 3 unspecified atom stereocenters. The summed E-state index contributed by atoms with van der Waals surface area (Å²) < 4.78 is 30.2. The van der Waals surface area contributed by atoms with Crippen LogP contribution < -0.4 is 29.6 Å².